The Morgan fingerprint density at radius 3 is 2.59 bits per heavy atom. The van der Waals surface area contributed by atoms with Gasteiger partial charge in [0.15, 0.2) is 10.8 Å². The predicted molar refractivity (Wildman–Crippen MR) is 126 cm³/mol. The summed E-state index contributed by atoms with van der Waals surface area (Å²) >= 11 is 1.35. The molecule has 9 nitrogen and oxygen atoms in total. The van der Waals surface area contributed by atoms with E-state index in [9.17, 15) is 9.59 Å². The smallest absolute Gasteiger partial charge is 0.273 e. The molecule has 0 bridgehead atoms. The first-order valence-electron chi connectivity index (χ1n) is 10.7. The second-order valence-electron chi connectivity index (χ2n) is 7.81. The number of ether oxygens (including phenoxy) is 1. The van der Waals surface area contributed by atoms with Gasteiger partial charge in [0.25, 0.3) is 5.56 Å². The Kier molecular flexibility index (Phi) is 6.71. The summed E-state index contributed by atoms with van der Waals surface area (Å²) in [6, 6.07) is 7.32. The summed E-state index contributed by atoms with van der Waals surface area (Å²) in [5, 5.41) is 3.75. The molecule has 1 aliphatic heterocycles. The van der Waals surface area contributed by atoms with E-state index in [1.165, 1.54) is 22.2 Å². The number of fused-ring (bicyclic) bond motifs is 1. The van der Waals surface area contributed by atoms with Crippen molar-refractivity contribution < 1.29 is 9.53 Å². The second-order valence-corrected chi connectivity index (χ2v) is 8.79. The Balaban J connectivity index is 1.44. The largest absolute Gasteiger partial charge is 0.497 e. The molecule has 3 heterocycles. The first kappa shape index (κ1) is 22.2. The van der Waals surface area contributed by atoms with Crippen LogP contribution in [0.5, 0.6) is 5.75 Å². The standard InChI is InChI=1S/C22H28N6O3S/c1-4-26-9-11-27(12-10-26)22-25-20-19(32-22)21(30)28(14-23-20)13-18(29)24-15(2)16-5-7-17(31-3)8-6-16/h5-8,14-15H,4,9-13H2,1-3H3,(H,24,29)/t15-/m0/s1. The minimum absolute atomic E-state index is 0.0926. The Hall–Kier alpha value is -2.98. The van der Waals surface area contributed by atoms with Crippen LogP contribution in [0.2, 0.25) is 0 Å². The van der Waals surface area contributed by atoms with Crippen molar-refractivity contribution in [3.05, 3.63) is 46.5 Å². The van der Waals surface area contributed by atoms with Crippen LogP contribution in [-0.4, -0.2) is 65.2 Å². The number of methoxy groups -OCH3 is 1. The molecule has 3 aromatic rings. The highest BCUT2D eigenvalue weighted by atomic mass is 32.1. The molecule has 0 spiro atoms. The highest BCUT2D eigenvalue weighted by molar-refractivity contribution is 7.22. The average molecular weight is 457 g/mol. The maximum Gasteiger partial charge on any atom is 0.273 e. The number of anilines is 1. The van der Waals surface area contributed by atoms with E-state index in [2.05, 4.69) is 32.0 Å². The maximum absolute atomic E-state index is 13.0. The van der Waals surface area contributed by atoms with Gasteiger partial charge in [-0.25, -0.2) is 4.98 Å². The molecule has 2 aromatic heterocycles. The summed E-state index contributed by atoms with van der Waals surface area (Å²) in [6.07, 6.45) is 1.40. The van der Waals surface area contributed by atoms with Crippen LogP contribution in [0.4, 0.5) is 5.13 Å². The third-order valence-corrected chi connectivity index (χ3v) is 6.86. The van der Waals surface area contributed by atoms with Gasteiger partial charge in [-0.15, -0.1) is 0 Å². The van der Waals surface area contributed by atoms with Gasteiger partial charge in [-0.3, -0.25) is 14.2 Å². The van der Waals surface area contributed by atoms with Gasteiger partial charge in [-0.2, -0.15) is 4.98 Å². The minimum Gasteiger partial charge on any atom is -0.497 e. The van der Waals surface area contributed by atoms with E-state index in [1.807, 2.05) is 31.2 Å². The molecule has 4 rings (SSSR count). The molecule has 32 heavy (non-hydrogen) atoms. The number of thiazole rings is 1. The number of aromatic nitrogens is 3. The second kappa shape index (κ2) is 9.66. The van der Waals surface area contributed by atoms with E-state index < -0.39 is 0 Å². The zero-order valence-corrected chi connectivity index (χ0v) is 19.4. The molecular formula is C22H28N6O3S. The SMILES string of the molecule is CCN1CCN(c2nc3ncn(CC(=O)N[C@@H](C)c4ccc(OC)cc4)c(=O)c3s2)CC1. The Morgan fingerprint density at radius 2 is 1.94 bits per heavy atom. The van der Waals surface area contributed by atoms with Crippen LogP contribution >= 0.6 is 11.3 Å². The fraction of sp³-hybridized carbons (Fsp3) is 0.455. The number of nitrogens with one attached hydrogen (secondary N) is 1. The molecule has 0 radical (unpaired) electrons. The molecule has 0 saturated carbocycles. The van der Waals surface area contributed by atoms with Crippen molar-refractivity contribution in [1.82, 2.24) is 24.8 Å². The summed E-state index contributed by atoms with van der Waals surface area (Å²) < 4.78 is 6.99. The number of piperazine rings is 1. The van der Waals surface area contributed by atoms with E-state index in [-0.39, 0.29) is 24.1 Å². The van der Waals surface area contributed by atoms with E-state index in [0.29, 0.717) is 10.3 Å². The number of rotatable bonds is 7. The number of carbonyl (C=O) groups excluding carboxylic acids is 1. The van der Waals surface area contributed by atoms with Crippen LogP contribution in [0, 0.1) is 0 Å². The molecule has 10 heteroatoms. The lowest BCUT2D eigenvalue weighted by Crippen LogP contribution is -2.46. The van der Waals surface area contributed by atoms with Gasteiger partial charge in [0, 0.05) is 26.2 Å². The van der Waals surface area contributed by atoms with E-state index in [0.717, 1.165) is 49.2 Å². The van der Waals surface area contributed by atoms with Crippen LogP contribution in [0.1, 0.15) is 25.5 Å². The molecule has 1 N–H and O–H groups in total. The van der Waals surface area contributed by atoms with Crippen LogP contribution < -0.4 is 20.5 Å². The highest BCUT2D eigenvalue weighted by Gasteiger charge is 2.21. The molecule has 1 aliphatic rings. The summed E-state index contributed by atoms with van der Waals surface area (Å²) in [5.41, 5.74) is 1.16. The van der Waals surface area contributed by atoms with E-state index in [4.69, 9.17) is 4.74 Å². The predicted octanol–water partition coefficient (Wildman–Crippen LogP) is 1.88. The fourth-order valence-electron chi connectivity index (χ4n) is 3.76. The third kappa shape index (κ3) is 4.76. The number of carbonyl (C=O) groups is 1. The van der Waals surface area contributed by atoms with Crippen LogP contribution in [-0.2, 0) is 11.3 Å². The van der Waals surface area contributed by atoms with Gasteiger partial charge < -0.3 is 19.9 Å². The van der Waals surface area contributed by atoms with E-state index >= 15 is 0 Å². The summed E-state index contributed by atoms with van der Waals surface area (Å²) in [7, 11) is 1.61. The molecule has 1 atom stereocenters. The first-order valence-corrected chi connectivity index (χ1v) is 11.6. The molecule has 170 valence electrons. The zero-order chi connectivity index (χ0) is 22.7. The van der Waals surface area contributed by atoms with Crippen molar-refractivity contribution >= 4 is 32.7 Å². The Morgan fingerprint density at radius 1 is 1.22 bits per heavy atom. The quantitative estimate of drug-likeness (QED) is 0.580. The van der Waals surface area contributed by atoms with Crippen molar-refractivity contribution in [3.8, 4) is 5.75 Å². The lowest BCUT2D eigenvalue weighted by Gasteiger charge is -2.33. The Labute approximate surface area is 190 Å². The lowest BCUT2D eigenvalue weighted by atomic mass is 10.1. The summed E-state index contributed by atoms with van der Waals surface area (Å²) in [4.78, 5) is 39.0. The highest BCUT2D eigenvalue weighted by Crippen LogP contribution is 2.26. The molecule has 1 amide bonds. The average Bonchev–Trinajstić information content (AvgIpc) is 3.26. The van der Waals surface area contributed by atoms with Crippen molar-refractivity contribution in [1.29, 1.82) is 0 Å². The first-order chi connectivity index (χ1) is 15.5. The van der Waals surface area contributed by atoms with E-state index in [1.54, 1.807) is 7.11 Å². The number of benzene rings is 1. The zero-order valence-electron chi connectivity index (χ0n) is 18.6. The number of hydrogen-bond acceptors (Lipinski definition) is 8. The van der Waals surface area contributed by atoms with Crippen LogP contribution in [0.3, 0.4) is 0 Å². The molecular weight excluding hydrogens is 428 g/mol. The van der Waals surface area contributed by atoms with Crippen molar-refractivity contribution in [2.75, 3.05) is 44.7 Å². The number of likely N-dealkylation sites (N-methyl/N-ethyl adjacent to an activating group) is 1. The lowest BCUT2D eigenvalue weighted by molar-refractivity contribution is -0.122. The van der Waals surface area contributed by atoms with Crippen molar-refractivity contribution in [2.24, 2.45) is 0 Å². The van der Waals surface area contributed by atoms with Gasteiger partial charge in [0.05, 0.1) is 13.2 Å². The maximum atomic E-state index is 13.0. The van der Waals surface area contributed by atoms with Gasteiger partial charge in [0.1, 0.15) is 23.3 Å². The van der Waals surface area contributed by atoms with Crippen molar-refractivity contribution in [2.45, 2.75) is 26.4 Å². The summed E-state index contributed by atoms with van der Waals surface area (Å²) in [5.74, 6) is 0.506. The molecule has 1 aromatic carbocycles. The molecule has 0 aliphatic carbocycles. The van der Waals surface area contributed by atoms with Gasteiger partial charge in [-0.1, -0.05) is 30.4 Å². The number of nitrogens with zero attached hydrogens (tertiary/aromatic N) is 5. The topological polar surface area (TPSA) is 92.6 Å². The minimum atomic E-state index is -0.253. The Bertz CT molecular complexity index is 1130. The monoisotopic (exact) mass is 456 g/mol. The van der Waals surface area contributed by atoms with Gasteiger partial charge >= 0.3 is 0 Å². The molecule has 1 saturated heterocycles. The van der Waals surface area contributed by atoms with Gasteiger partial charge in [-0.05, 0) is 31.2 Å². The fourth-order valence-corrected chi connectivity index (χ4v) is 4.78. The number of hydrogen-bond donors (Lipinski definition) is 1. The third-order valence-electron chi connectivity index (χ3n) is 5.77. The number of amides is 1. The van der Waals surface area contributed by atoms with Crippen molar-refractivity contribution in [3.63, 3.8) is 0 Å². The van der Waals surface area contributed by atoms with Crippen LogP contribution in [0.15, 0.2) is 35.4 Å². The summed E-state index contributed by atoms with van der Waals surface area (Å²) in [6.45, 7) is 8.74. The van der Waals surface area contributed by atoms with Crippen LogP contribution in [0.25, 0.3) is 10.3 Å². The molecule has 1 fully saturated rings. The molecule has 0 unspecified atom stereocenters. The van der Waals surface area contributed by atoms with Gasteiger partial charge in [0.2, 0.25) is 5.91 Å². The normalized spacial score (nSPS) is 15.7.